The molecule has 224 valence electrons. The maximum absolute atomic E-state index is 14.9. The molecule has 4 aromatic rings. The molecule has 1 N–H and O–H groups in total. The number of carbonyl (C=O) groups is 1. The van der Waals surface area contributed by atoms with Crippen molar-refractivity contribution in [3.05, 3.63) is 82.0 Å². The molecule has 2 aromatic heterocycles. The van der Waals surface area contributed by atoms with Crippen LogP contribution in [-0.4, -0.2) is 62.9 Å². The van der Waals surface area contributed by atoms with E-state index < -0.39 is 17.4 Å². The highest BCUT2D eigenvalue weighted by atomic mass is 35.5. The molecule has 7 rings (SSSR count). The van der Waals surface area contributed by atoms with Crippen LogP contribution in [0, 0.1) is 5.82 Å². The minimum absolute atomic E-state index is 0.00262. The van der Waals surface area contributed by atoms with Gasteiger partial charge in [0.1, 0.15) is 23.8 Å². The monoisotopic (exact) mass is 606 g/mol. The molecular formula is C32H32ClFN4O5. The number of carboxylic acid groups (broad SMARTS) is 1. The van der Waals surface area contributed by atoms with Crippen molar-refractivity contribution in [2.75, 3.05) is 26.3 Å². The van der Waals surface area contributed by atoms with Gasteiger partial charge in [0.2, 0.25) is 0 Å². The zero-order valence-corrected chi connectivity index (χ0v) is 24.5. The number of fused-ring (bicyclic) bond motifs is 2. The Balaban J connectivity index is 1.09. The molecule has 5 heterocycles. The summed E-state index contributed by atoms with van der Waals surface area (Å²) >= 11 is 6.00. The predicted molar refractivity (Wildman–Crippen MR) is 157 cm³/mol. The van der Waals surface area contributed by atoms with Crippen LogP contribution in [0.3, 0.4) is 0 Å². The molecule has 1 unspecified atom stereocenters. The van der Waals surface area contributed by atoms with E-state index in [1.807, 2.05) is 23.6 Å². The number of aromatic carboxylic acids is 1. The van der Waals surface area contributed by atoms with Gasteiger partial charge in [0.15, 0.2) is 28.4 Å². The Morgan fingerprint density at radius 2 is 1.95 bits per heavy atom. The lowest BCUT2D eigenvalue weighted by Gasteiger charge is -2.39. The number of hydrogen-bond acceptors (Lipinski definition) is 7. The number of carboxylic acids is 1. The minimum atomic E-state index is -1.06. The molecule has 9 nitrogen and oxygen atoms in total. The third-order valence-corrected chi connectivity index (χ3v) is 9.04. The Labute approximate surface area is 253 Å². The highest BCUT2D eigenvalue weighted by Crippen LogP contribution is 2.46. The molecule has 3 aliphatic heterocycles. The molecule has 2 saturated heterocycles. The first-order valence-electron chi connectivity index (χ1n) is 14.6. The second-order valence-corrected chi connectivity index (χ2v) is 12.2. The highest BCUT2D eigenvalue weighted by molar-refractivity contribution is 6.30. The molecule has 2 fully saturated rings. The van der Waals surface area contributed by atoms with Crippen molar-refractivity contribution in [1.82, 2.24) is 19.4 Å². The third kappa shape index (κ3) is 5.32. The summed E-state index contributed by atoms with van der Waals surface area (Å²) in [7, 11) is 0. The van der Waals surface area contributed by atoms with Crippen molar-refractivity contribution in [1.29, 1.82) is 0 Å². The lowest BCUT2D eigenvalue weighted by molar-refractivity contribution is -0.0593. The summed E-state index contributed by atoms with van der Waals surface area (Å²) in [5.74, 6) is 0.965. The van der Waals surface area contributed by atoms with Crippen LogP contribution in [0.4, 0.5) is 4.39 Å². The average molecular weight is 607 g/mol. The van der Waals surface area contributed by atoms with E-state index in [1.165, 1.54) is 12.1 Å². The lowest BCUT2D eigenvalue weighted by Crippen LogP contribution is -2.41. The van der Waals surface area contributed by atoms with Gasteiger partial charge in [-0.05, 0) is 75.5 Å². The van der Waals surface area contributed by atoms with Crippen LogP contribution in [-0.2, 0) is 23.4 Å². The Morgan fingerprint density at radius 1 is 1.14 bits per heavy atom. The number of rotatable bonds is 7. The summed E-state index contributed by atoms with van der Waals surface area (Å²) in [5, 5.41) is 9.82. The van der Waals surface area contributed by atoms with Crippen molar-refractivity contribution >= 4 is 28.7 Å². The lowest BCUT2D eigenvalue weighted by atomic mass is 9.87. The van der Waals surface area contributed by atoms with Crippen molar-refractivity contribution in [3.8, 4) is 11.5 Å². The van der Waals surface area contributed by atoms with Gasteiger partial charge in [-0.25, -0.2) is 19.2 Å². The first-order valence-corrected chi connectivity index (χ1v) is 15.0. The number of benzene rings is 2. The molecular weight excluding hydrogens is 575 g/mol. The normalized spacial score (nSPS) is 22.4. The van der Waals surface area contributed by atoms with Crippen molar-refractivity contribution in [2.24, 2.45) is 0 Å². The molecule has 2 aromatic carbocycles. The quantitative estimate of drug-likeness (QED) is 0.283. The Bertz CT molecular complexity index is 1700. The fraction of sp³-hybridized carbons (Fsp3) is 0.406. The molecule has 0 radical (unpaired) electrons. The van der Waals surface area contributed by atoms with Gasteiger partial charge in [-0.1, -0.05) is 29.8 Å². The van der Waals surface area contributed by atoms with Crippen molar-refractivity contribution in [3.63, 3.8) is 0 Å². The summed E-state index contributed by atoms with van der Waals surface area (Å²) in [5.41, 5.74) is 1.75. The summed E-state index contributed by atoms with van der Waals surface area (Å²) in [6.07, 6.45) is 2.84. The van der Waals surface area contributed by atoms with E-state index in [-0.39, 0.29) is 24.3 Å². The fourth-order valence-electron chi connectivity index (χ4n) is 6.31. The van der Waals surface area contributed by atoms with Gasteiger partial charge in [0.25, 0.3) is 0 Å². The molecule has 0 saturated carbocycles. The molecule has 0 spiro atoms. The van der Waals surface area contributed by atoms with Crippen molar-refractivity contribution in [2.45, 2.75) is 56.9 Å². The molecule has 0 amide bonds. The highest BCUT2D eigenvalue weighted by Gasteiger charge is 2.39. The zero-order valence-electron chi connectivity index (χ0n) is 23.8. The fourth-order valence-corrected chi connectivity index (χ4v) is 6.47. The molecule has 0 bridgehead atoms. The van der Waals surface area contributed by atoms with E-state index in [0.717, 1.165) is 50.3 Å². The van der Waals surface area contributed by atoms with Gasteiger partial charge in [0, 0.05) is 22.8 Å². The van der Waals surface area contributed by atoms with Gasteiger partial charge in [-0.15, -0.1) is 0 Å². The standard InChI is InChI=1S/C32H32ClFN4O5/c1-32(23-6-5-20(33)15-24(23)34)18-42-27-4-2-3-22(29(27)43-32)19-9-12-37(13-10-19)17-28-35-25-7-8-26(31(39)40)36-30(25)38(28)16-21-11-14-41-21/h2-8,15,19,21H,9-14,16-18H2,1H3,(H,39,40)/t21-,32?/m0/s1. The van der Waals surface area contributed by atoms with Crippen LogP contribution in [0.25, 0.3) is 11.2 Å². The van der Waals surface area contributed by atoms with Gasteiger partial charge in [-0.2, -0.15) is 0 Å². The molecule has 0 aliphatic carbocycles. The van der Waals surface area contributed by atoms with Crippen LogP contribution < -0.4 is 9.47 Å². The van der Waals surface area contributed by atoms with Crippen molar-refractivity contribution < 1.29 is 28.5 Å². The average Bonchev–Trinajstić information content (AvgIpc) is 3.30. The first-order chi connectivity index (χ1) is 20.8. The number of aromatic nitrogens is 3. The smallest absolute Gasteiger partial charge is 0.354 e. The number of piperidine rings is 1. The van der Waals surface area contributed by atoms with Gasteiger partial charge in [0.05, 0.1) is 19.2 Å². The van der Waals surface area contributed by atoms with Crippen LogP contribution in [0.1, 0.15) is 59.5 Å². The zero-order chi connectivity index (χ0) is 29.7. The topological polar surface area (TPSA) is 98.9 Å². The predicted octanol–water partition coefficient (Wildman–Crippen LogP) is 5.78. The molecule has 11 heteroatoms. The summed E-state index contributed by atoms with van der Waals surface area (Å²) in [6, 6.07) is 13.8. The van der Waals surface area contributed by atoms with Crippen LogP contribution in [0.2, 0.25) is 5.02 Å². The van der Waals surface area contributed by atoms with E-state index in [0.29, 0.717) is 46.3 Å². The van der Waals surface area contributed by atoms with E-state index in [1.54, 1.807) is 18.2 Å². The Kier molecular flexibility index (Phi) is 7.23. The molecule has 2 atom stereocenters. The molecule has 43 heavy (non-hydrogen) atoms. The van der Waals surface area contributed by atoms with Crippen LogP contribution >= 0.6 is 11.6 Å². The van der Waals surface area contributed by atoms with E-state index >= 15 is 0 Å². The second-order valence-electron chi connectivity index (χ2n) is 11.7. The summed E-state index contributed by atoms with van der Waals surface area (Å²) in [4.78, 5) is 23.2. The maximum Gasteiger partial charge on any atom is 0.354 e. The van der Waals surface area contributed by atoms with Crippen LogP contribution in [0.5, 0.6) is 11.5 Å². The van der Waals surface area contributed by atoms with E-state index in [4.69, 9.17) is 30.8 Å². The molecule has 3 aliphatic rings. The van der Waals surface area contributed by atoms with Gasteiger partial charge < -0.3 is 23.9 Å². The number of halogens is 2. The number of imidazole rings is 1. The number of ether oxygens (including phenoxy) is 3. The maximum atomic E-state index is 14.9. The first kappa shape index (κ1) is 28.1. The number of para-hydroxylation sites is 1. The Hall–Kier alpha value is -3.73. The summed E-state index contributed by atoms with van der Waals surface area (Å²) in [6.45, 7) is 5.67. The van der Waals surface area contributed by atoms with E-state index in [9.17, 15) is 14.3 Å². The number of likely N-dealkylation sites (tertiary alicyclic amines) is 1. The summed E-state index contributed by atoms with van der Waals surface area (Å²) < 4.78 is 35.3. The number of pyridine rings is 1. The second kappa shape index (κ2) is 11.1. The largest absolute Gasteiger partial charge is 0.485 e. The minimum Gasteiger partial charge on any atom is -0.485 e. The van der Waals surface area contributed by atoms with Gasteiger partial charge >= 0.3 is 5.97 Å². The number of hydrogen-bond donors (Lipinski definition) is 1. The van der Waals surface area contributed by atoms with E-state index in [2.05, 4.69) is 16.0 Å². The SMILES string of the molecule is CC1(c2ccc(Cl)cc2F)COc2cccc(C3CCN(Cc4nc5ccc(C(=O)O)nc5n4C[C@@H]4CCO4)CC3)c2O1. The van der Waals surface area contributed by atoms with Crippen LogP contribution in [0.15, 0.2) is 48.5 Å². The number of nitrogens with zero attached hydrogens (tertiary/aromatic N) is 4. The Morgan fingerprint density at radius 3 is 2.67 bits per heavy atom. The van der Waals surface area contributed by atoms with Gasteiger partial charge in [-0.3, -0.25) is 4.90 Å². The third-order valence-electron chi connectivity index (χ3n) is 8.80.